The lowest BCUT2D eigenvalue weighted by molar-refractivity contribution is -0.131. The molecule has 1 fully saturated rings. The first-order valence-corrected chi connectivity index (χ1v) is 6.19. The summed E-state index contributed by atoms with van der Waals surface area (Å²) in [5, 5.41) is 14.3. The van der Waals surface area contributed by atoms with Gasteiger partial charge in [-0.1, -0.05) is 5.16 Å². The van der Waals surface area contributed by atoms with E-state index in [-0.39, 0.29) is 11.7 Å². The minimum Gasteiger partial charge on any atom is -0.409 e. The minimum atomic E-state index is 0.208. The molecule has 1 aliphatic heterocycles. The van der Waals surface area contributed by atoms with Crippen LogP contribution in [-0.4, -0.2) is 48.0 Å². The highest BCUT2D eigenvalue weighted by molar-refractivity contribution is 5.79. The summed E-state index contributed by atoms with van der Waals surface area (Å²) in [6, 6.07) is 0. The van der Waals surface area contributed by atoms with Crippen molar-refractivity contribution < 1.29 is 10.0 Å². The van der Waals surface area contributed by atoms with Crippen molar-refractivity contribution in [2.24, 2.45) is 10.9 Å². The van der Waals surface area contributed by atoms with Crippen LogP contribution in [0.2, 0.25) is 0 Å². The minimum absolute atomic E-state index is 0.208. The van der Waals surface area contributed by atoms with Crippen LogP contribution in [0.1, 0.15) is 32.1 Å². The average Bonchev–Trinajstić information content (AvgIpc) is 2.38. The molecule has 0 aromatic carbocycles. The average molecular weight is 242 g/mol. The van der Waals surface area contributed by atoms with Gasteiger partial charge in [0.15, 0.2) is 0 Å². The van der Waals surface area contributed by atoms with E-state index in [1.54, 1.807) is 0 Å². The van der Waals surface area contributed by atoms with Gasteiger partial charge >= 0.3 is 0 Å². The number of nitrogens with two attached hydrogens (primary N) is 1. The molecule has 1 rings (SSSR count). The number of oxime groups is 1. The van der Waals surface area contributed by atoms with Gasteiger partial charge in [-0.3, -0.25) is 4.79 Å². The fourth-order valence-electron chi connectivity index (χ4n) is 1.89. The molecule has 0 bridgehead atoms. The first-order chi connectivity index (χ1) is 8.24. The Hall–Kier alpha value is -1.30. The van der Waals surface area contributed by atoms with Crippen molar-refractivity contribution in [3.05, 3.63) is 0 Å². The number of amides is 1. The SMILES string of the molecule is NC(CCNCCC(=O)N1CCCCC1)=NO. The highest BCUT2D eigenvalue weighted by atomic mass is 16.4. The quantitative estimate of drug-likeness (QED) is 0.203. The smallest absolute Gasteiger partial charge is 0.223 e. The van der Waals surface area contributed by atoms with Crippen molar-refractivity contribution in [1.82, 2.24) is 10.2 Å². The van der Waals surface area contributed by atoms with Gasteiger partial charge in [0.1, 0.15) is 5.84 Å². The Morgan fingerprint density at radius 1 is 1.24 bits per heavy atom. The summed E-state index contributed by atoms with van der Waals surface area (Å²) < 4.78 is 0. The molecule has 0 saturated carbocycles. The predicted octanol–water partition coefficient (Wildman–Crippen LogP) is 0.115. The summed E-state index contributed by atoms with van der Waals surface area (Å²) in [7, 11) is 0. The molecular formula is C11H22N4O2. The van der Waals surface area contributed by atoms with Crippen LogP contribution in [0, 0.1) is 0 Å². The molecule has 1 aliphatic rings. The van der Waals surface area contributed by atoms with Crippen LogP contribution in [0.25, 0.3) is 0 Å². The summed E-state index contributed by atoms with van der Waals surface area (Å²) in [6.45, 7) is 3.09. The van der Waals surface area contributed by atoms with Crippen LogP contribution in [0.4, 0.5) is 0 Å². The van der Waals surface area contributed by atoms with Crippen LogP contribution >= 0.6 is 0 Å². The number of nitrogens with zero attached hydrogens (tertiary/aromatic N) is 2. The Bertz CT molecular complexity index is 262. The number of likely N-dealkylation sites (tertiary alicyclic amines) is 1. The fraction of sp³-hybridized carbons (Fsp3) is 0.818. The van der Waals surface area contributed by atoms with E-state index < -0.39 is 0 Å². The van der Waals surface area contributed by atoms with E-state index in [0.29, 0.717) is 25.9 Å². The van der Waals surface area contributed by atoms with Crippen LogP contribution in [-0.2, 0) is 4.79 Å². The van der Waals surface area contributed by atoms with Gasteiger partial charge in [0.05, 0.1) is 0 Å². The lowest BCUT2D eigenvalue weighted by Crippen LogP contribution is -2.37. The van der Waals surface area contributed by atoms with Crippen LogP contribution < -0.4 is 11.1 Å². The van der Waals surface area contributed by atoms with E-state index in [9.17, 15) is 4.79 Å². The molecule has 1 saturated heterocycles. The Kier molecular flexibility index (Phi) is 6.39. The third kappa shape index (κ3) is 5.53. The Labute approximate surface area is 102 Å². The molecule has 1 amide bonds. The number of rotatable bonds is 6. The molecule has 0 unspecified atom stereocenters. The largest absolute Gasteiger partial charge is 0.409 e. The highest BCUT2D eigenvalue weighted by Gasteiger charge is 2.15. The van der Waals surface area contributed by atoms with Gasteiger partial charge in [-0.15, -0.1) is 0 Å². The molecule has 6 nitrogen and oxygen atoms in total. The number of hydrogen-bond acceptors (Lipinski definition) is 4. The highest BCUT2D eigenvalue weighted by Crippen LogP contribution is 2.09. The molecule has 0 radical (unpaired) electrons. The summed E-state index contributed by atoms with van der Waals surface area (Å²) >= 11 is 0. The maximum Gasteiger partial charge on any atom is 0.223 e. The van der Waals surface area contributed by atoms with E-state index in [4.69, 9.17) is 10.9 Å². The number of piperidine rings is 1. The number of carbonyl (C=O) groups is 1. The third-order valence-electron chi connectivity index (χ3n) is 2.91. The second-order valence-electron chi connectivity index (χ2n) is 4.28. The van der Waals surface area contributed by atoms with Crippen molar-refractivity contribution in [3.8, 4) is 0 Å². The van der Waals surface area contributed by atoms with Crippen LogP contribution in [0.15, 0.2) is 5.16 Å². The number of nitrogens with one attached hydrogen (secondary N) is 1. The Morgan fingerprint density at radius 3 is 2.53 bits per heavy atom. The third-order valence-corrected chi connectivity index (χ3v) is 2.91. The Morgan fingerprint density at radius 2 is 1.88 bits per heavy atom. The standard InChI is InChI=1S/C11H22N4O2/c12-10(14-17)4-6-13-7-5-11(16)15-8-2-1-3-9-15/h13,17H,1-9H2,(H2,12,14). The van der Waals surface area contributed by atoms with E-state index >= 15 is 0 Å². The molecule has 1 heterocycles. The first kappa shape index (κ1) is 13.8. The van der Waals surface area contributed by atoms with Crippen LogP contribution in [0.3, 0.4) is 0 Å². The van der Waals surface area contributed by atoms with E-state index in [0.717, 1.165) is 25.9 Å². The lowest BCUT2D eigenvalue weighted by Gasteiger charge is -2.26. The lowest BCUT2D eigenvalue weighted by atomic mass is 10.1. The molecule has 4 N–H and O–H groups in total. The van der Waals surface area contributed by atoms with E-state index in [1.165, 1.54) is 6.42 Å². The molecule has 0 aromatic heterocycles. The van der Waals surface area contributed by atoms with Gasteiger partial charge in [-0.25, -0.2) is 0 Å². The van der Waals surface area contributed by atoms with E-state index in [1.807, 2.05) is 4.90 Å². The van der Waals surface area contributed by atoms with Gasteiger partial charge in [0.2, 0.25) is 5.91 Å². The second-order valence-corrected chi connectivity index (χ2v) is 4.28. The topological polar surface area (TPSA) is 91.0 Å². The molecule has 98 valence electrons. The van der Waals surface area contributed by atoms with Crippen molar-refractivity contribution in [1.29, 1.82) is 0 Å². The maximum absolute atomic E-state index is 11.7. The van der Waals surface area contributed by atoms with Crippen molar-refractivity contribution in [3.63, 3.8) is 0 Å². The molecule has 0 aromatic rings. The van der Waals surface area contributed by atoms with Crippen molar-refractivity contribution >= 4 is 11.7 Å². The van der Waals surface area contributed by atoms with Gasteiger partial charge in [0, 0.05) is 39.0 Å². The molecule has 6 heteroatoms. The zero-order valence-corrected chi connectivity index (χ0v) is 10.2. The Balaban J connectivity index is 2.03. The number of amidine groups is 1. The van der Waals surface area contributed by atoms with Crippen LogP contribution in [0.5, 0.6) is 0 Å². The zero-order valence-electron chi connectivity index (χ0n) is 10.2. The zero-order chi connectivity index (χ0) is 12.5. The van der Waals surface area contributed by atoms with Gasteiger partial charge < -0.3 is 21.2 Å². The number of hydrogen-bond donors (Lipinski definition) is 3. The summed E-state index contributed by atoms with van der Waals surface area (Å²) in [5.74, 6) is 0.431. The first-order valence-electron chi connectivity index (χ1n) is 6.19. The van der Waals surface area contributed by atoms with Crippen molar-refractivity contribution in [2.75, 3.05) is 26.2 Å². The molecule has 0 spiro atoms. The van der Waals surface area contributed by atoms with Crippen molar-refractivity contribution in [2.45, 2.75) is 32.1 Å². The summed E-state index contributed by atoms with van der Waals surface area (Å²) in [6.07, 6.45) is 4.51. The normalized spacial score (nSPS) is 17.2. The fourth-order valence-corrected chi connectivity index (χ4v) is 1.89. The molecule has 0 aliphatic carbocycles. The van der Waals surface area contributed by atoms with E-state index in [2.05, 4.69) is 10.5 Å². The molecule has 0 atom stereocenters. The molecule has 17 heavy (non-hydrogen) atoms. The molecular weight excluding hydrogens is 220 g/mol. The predicted molar refractivity (Wildman–Crippen MR) is 65.9 cm³/mol. The second kappa shape index (κ2) is 7.89. The summed E-state index contributed by atoms with van der Waals surface area (Å²) in [5.41, 5.74) is 5.32. The van der Waals surface area contributed by atoms with Gasteiger partial charge in [0.25, 0.3) is 0 Å². The maximum atomic E-state index is 11.7. The summed E-state index contributed by atoms with van der Waals surface area (Å²) in [4.78, 5) is 13.7. The number of carbonyl (C=O) groups excluding carboxylic acids is 1. The van der Waals surface area contributed by atoms with Gasteiger partial charge in [-0.2, -0.15) is 0 Å². The monoisotopic (exact) mass is 242 g/mol. The van der Waals surface area contributed by atoms with Gasteiger partial charge in [-0.05, 0) is 19.3 Å².